The number of benzene rings is 1. The lowest BCUT2D eigenvalue weighted by atomic mass is 10.3. The highest BCUT2D eigenvalue weighted by Crippen LogP contribution is 2.16. The van der Waals surface area contributed by atoms with Gasteiger partial charge in [-0.2, -0.15) is 0 Å². The van der Waals surface area contributed by atoms with Crippen LogP contribution in [0.3, 0.4) is 0 Å². The first-order valence-electron chi connectivity index (χ1n) is 5.17. The Labute approximate surface area is 107 Å². The fourth-order valence-electron chi connectivity index (χ4n) is 1.26. The lowest BCUT2D eigenvalue weighted by molar-refractivity contribution is 0.304. The van der Waals surface area contributed by atoms with Crippen molar-refractivity contribution < 1.29 is 9.15 Å². The van der Waals surface area contributed by atoms with E-state index in [-0.39, 0.29) is 6.54 Å². The third-order valence-electron chi connectivity index (χ3n) is 2.08. The molecule has 2 aromatic rings. The first-order chi connectivity index (χ1) is 8.28. The van der Waals surface area contributed by atoms with Crippen LogP contribution in [0.15, 0.2) is 33.2 Å². The van der Waals surface area contributed by atoms with Crippen LogP contribution >= 0.6 is 15.9 Å². The monoisotopic (exact) mass is 297 g/mol. The molecular formula is C11H12BrN3O2. The molecule has 5 nitrogen and oxygen atoms in total. The second-order valence-corrected chi connectivity index (χ2v) is 4.26. The van der Waals surface area contributed by atoms with Crippen LogP contribution in [-0.2, 0) is 13.0 Å². The maximum absolute atomic E-state index is 5.53. The van der Waals surface area contributed by atoms with E-state index >= 15 is 0 Å². The van der Waals surface area contributed by atoms with E-state index in [0.717, 1.165) is 10.2 Å². The molecule has 17 heavy (non-hydrogen) atoms. The molecule has 1 aromatic carbocycles. The Bertz CT molecular complexity index is 470. The SMILES string of the molecule is NCc1nnc(CCOc2ccc(Br)cc2)o1. The molecule has 0 aliphatic carbocycles. The molecule has 0 unspecified atom stereocenters. The summed E-state index contributed by atoms with van der Waals surface area (Å²) in [6, 6.07) is 7.63. The van der Waals surface area contributed by atoms with Crippen molar-refractivity contribution in [2.75, 3.05) is 6.61 Å². The second-order valence-electron chi connectivity index (χ2n) is 3.35. The zero-order chi connectivity index (χ0) is 12.1. The van der Waals surface area contributed by atoms with Crippen molar-refractivity contribution in [3.05, 3.63) is 40.5 Å². The van der Waals surface area contributed by atoms with Crippen molar-refractivity contribution in [2.45, 2.75) is 13.0 Å². The van der Waals surface area contributed by atoms with Crippen molar-refractivity contribution in [1.29, 1.82) is 0 Å². The van der Waals surface area contributed by atoms with Crippen LogP contribution in [0.4, 0.5) is 0 Å². The number of rotatable bonds is 5. The van der Waals surface area contributed by atoms with Gasteiger partial charge in [0.15, 0.2) is 0 Å². The molecule has 0 aliphatic rings. The van der Waals surface area contributed by atoms with Gasteiger partial charge in [0.25, 0.3) is 0 Å². The van der Waals surface area contributed by atoms with Crippen LogP contribution < -0.4 is 10.5 Å². The molecule has 2 rings (SSSR count). The molecule has 0 aliphatic heterocycles. The Balaban J connectivity index is 1.81. The molecule has 2 N–H and O–H groups in total. The highest BCUT2D eigenvalue weighted by atomic mass is 79.9. The summed E-state index contributed by atoms with van der Waals surface area (Å²) in [5, 5.41) is 7.62. The van der Waals surface area contributed by atoms with E-state index in [1.54, 1.807) is 0 Å². The second kappa shape index (κ2) is 5.79. The van der Waals surface area contributed by atoms with Gasteiger partial charge in [-0.15, -0.1) is 10.2 Å². The minimum Gasteiger partial charge on any atom is -0.493 e. The normalized spacial score (nSPS) is 10.5. The number of halogens is 1. The molecule has 0 saturated heterocycles. The molecule has 0 amide bonds. The Kier molecular flexibility index (Phi) is 4.11. The third kappa shape index (κ3) is 3.54. The van der Waals surface area contributed by atoms with E-state index in [9.17, 15) is 0 Å². The number of ether oxygens (including phenoxy) is 1. The van der Waals surface area contributed by atoms with Gasteiger partial charge in [0.2, 0.25) is 11.8 Å². The van der Waals surface area contributed by atoms with E-state index < -0.39 is 0 Å². The predicted molar refractivity (Wildman–Crippen MR) is 65.5 cm³/mol. The zero-order valence-corrected chi connectivity index (χ0v) is 10.7. The number of nitrogens with two attached hydrogens (primary N) is 1. The molecule has 6 heteroatoms. The first kappa shape index (κ1) is 12.1. The fourth-order valence-corrected chi connectivity index (χ4v) is 1.52. The molecule has 0 saturated carbocycles. The van der Waals surface area contributed by atoms with Crippen molar-refractivity contribution in [3.63, 3.8) is 0 Å². The van der Waals surface area contributed by atoms with Crippen LogP contribution in [0.5, 0.6) is 5.75 Å². The average Bonchev–Trinajstić information content (AvgIpc) is 2.80. The van der Waals surface area contributed by atoms with Gasteiger partial charge < -0.3 is 14.9 Å². The fraction of sp³-hybridized carbons (Fsp3) is 0.273. The summed E-state index contributed by atoms with van der Waals surface area (Å²) in [5.74, 6) is 1.80. The van der Waals surface area contributed by atoms with Crippen molar-refractivity contribution in [3.8, 4) is 5.75 Å². The van der Waals surface area contributed by atoms with E-state index in [1.807, 2.05) is 24.3 Å². The smallest absolute Gasteiger partial charge is 0.230 e. The Hall–Kier alpha value is -1.40. The van der Waals surface area contributed by atoms with Gasteiger partial charge in [0.05, 0.1) is 19.6 Å². The minimum absolute atomic E-state index is 0.264. The summed E-state index contributed by atoms with van der Waals surface area (Å²) in [7, 11) is 0. The molecule has 0 spiro atoms. The van der Waals surface area contributed by atoms with Crippen molar-refractivity contribution >= 4 is 15.9 Å². The van der Waals surface area contributed by atoms with E-state index in [4.69, 9.17) is 14.9 Å². The summed E-state index contributed by atoms with van der Waals surface area (Å²) in [6.45, 7) is 0.758. The number of hydrogen-bond donors (Lipinski definition) is 1. The molecule has 1 aromatic heterocycles. The average molecular weight is 298 g/mol. The van der Waals surface area contributed by atoms with Gasteiger partial charge in [-0.1, -0.05) is 15.9 Å². The van der Waals surface area contributed by atoms with Gasteiger partial charge in [-0.3, -0.25) is 0 Å². The molecule has 1 heterocycles. The number of nitrogens with zero attached hydrogens (tertiary/aromatic N) is 2. The highest BCUT2D eigenvalue weighted by Gasteiger charge is 2.04. The lowest BCUT2D eigenvalue weighted by Crippen LogP contribution is -2.01. The van der Waals surface area contributed by atoms with Crippen LogP contribution in [0, 0.1) is 0 Å². The minimum atomic E-state index is 0.264. The van der Waals surface area contributed by atoms with Gasteiger partial charge in [-0.05, 0) is 24.3 Å². The molecular weight excluding hydrogens is 286 g/mol. The highest BCUT2D eigenvalue weighted by molar-refractivity contribution is 9.10. The predicted octanol–water partition coefficient (Wildman–Crippen LogP) is 1.91. The van der Waals surface area contributed by atoms with E-state index in [1.165, 1.54) is 0 Å². The zero-order valence-electron chi connectivity index (χ0n) is 9.10. The summed E-state index contributed by atoms with van der Waals surface area (Å²) < 4.78 is 11.8. The molecule has 0 bridgehead atoms. The summed E-state index contributed by atoms with van der Waals surface area (Å²) >= 11 is 3.36. The number of hydrogen-bond acceptors (Lipinski definition) is 5. The molecule has 0 atom stereocenters. The van der Waals surface area contributed by atoms with Crippen molar-refractivity contribution in [1.82, 2.24) is 10.2 Å². The van der Waals surface area contributed by atoms with E-state index in [0.29, 0.717) is 24.8 Å². The molecule has 0 fully saturated rings. The summed E-state index contributed by atoms with van der Waals surface area (Å²) in [5.41, 5.74) is 5.37. The van der Waals surface area contributed by atoms with Gasteiger partial charge >= 0.3 is 0 Å². The maximum Gasteiger partial charge on any atom is 0.230 e. The topological polar surface area (TPSA) is 74.2 Å². The lowest BCUT2D eigenvalue weighted by Gasteiger charge is -2.03. The van der Waals surface area contributed by atoms with Crippen LogP contribution in [0.1, 0.15) is 11.8 Å². The quantitative estimate of drug-likeness (QED) is 0.912. The van der Waals surface area contributed by atoms with Gasteiger partial charge in [0.1, 0.15) is 5.75 Å². The first-order valence-corrected chi connectivity index (χ1v) is 5.97. The van der Waals surface area contributed by atoms with Crippen molar-refractivity contribution in [2.24, 2.45) is 5.73 Å². The standard InChI is InChI=1S/C11H12BrN3O2/c12-8-1-3-9(4-2-8)16-6-5-10-14-15-11(7-13)17-10/h1-4H,5-7,13H2. The number of aromatic nitrogens is 2. The Morgan fingerprint density at radius 2 is 1.88 bits per heavy atom. The third-order valence-corrected chi connectivity index (χ3v) is 2.61. The Morgan fingerprint density at radius 3 is 2.53 bits per heavy atom. The molecule has 90 valence electrons. The van der Waals surface area contributed by atoms with Gasteiger partial charge in [-0.25, -0.2) is 0 Å². The van der Waals surface area contributed by atoms with Crippen LogP contribution in [0.25, 0.3) is 0 Å². The van der Waals surface area contributed by atoms with Crippen LogP contribution in [-0.4, -0.2) is 16.8 Å². The Morgan fingerprint density at radius 1 is 1.18 bits per heavy atom. The molecule has 0 radical (unpaired) electrons. The van der Waals surface area contributed by atoms with Crippen LogP contribution in [0.2, 0.25) is 0 Å². The van der Waals surface area contributed by atoms with E-state index in [2.05, 4.69) is 26.1 Å². The summed E-state index contributed by atoms with van der Waals surface area (Å²) in [6.07, 6.45) is 0.572. The van der Waals surface area contributed by atoms with Gasteiger partial charge in [0, 0.05) is 4.47 Å². The maximum atomic E-state index is 5.53. The summed E-state index contributed by atoms with van der Waals surface area (Å²) in [4.78, 5) is 0. The largest absolute Gasteiger partial charge is 0.493 e.